The van der Waals surface area contributed by atoms with Gasteiger partial charge in [-0.15, -0.1) is 0 Å². The van der Waals surface area contributed by atoms with E-state index in [1.165, 1.54) is 12.0 Å². The van der Waals surface area contributed by atoms with Crippen molar-refractivity contribution in [1.82, 2.24) is 4.98 Å². The van der Waals surface area contributed by atoms with Gasteiger partial charge in [0, 0.05) is 46.9 Å². The summed E-state index contributed by atoms with van der Waals surface area (Å²) in [5.74, 6) is 0.798. The molecule has 4 heteroatoms. The maximum atomic E-state index is 12.5. The Hall–Kier alpha value is -3.66. The first-order valence-electron chi connectivity index (χ1n) is 12.3. The Morgan fingerprint density at radius 2 is 2.03 bits per heavy atom. The zero-order chi connectivity index (χ0) is 25.1. The molecule has 4 rings (SSSR count). The lowest BCUT2D eigenvalue weighted by molar-refractivity contribution is 0.101. The highest BCUT2D eigenvalue weighted by Crippen LogP contribution is 2.38. The maximum Gasteiger partial charge on any atom is 0.161 e. The van der Waals surface area contributed by atoms with Gasteiger partial charge >= 0.3 is 0 Å². The number of carbonyl (C=O) groups is 1. The summed E-state index contributed by atoms with van der Waals surface area (Å²) >= 11 is 0. The molecule has 1 aliphatic carbocycles. The normalized spacial score (nSPS) is 16.5. The van der Waals surface area contributed by atoms with Crippen LogP contribution in [0.1, 0.15) is 61.6 Å². The third-order valence-electron chi connectivity index (χ3n) is 7.03. The van der Waals surface area contributed by atoms with Crippen LogP contribution in [0.15, 0.2) is 71.4 Å². The summed E-state index contributed by atoms with van der Waals surface area (Å²) in [5.41, 5.74) is 10.3. The molecule has 180 valence electrons. The summed E-state index contributed by atoms with van der Waals surface area (Å²) < 4.78 is 0. The van der Waals surface area contributed by atoms with Gasteiger partial charge in [-0.1, -0.05) is 43.9 Å². The van der Waals surface area contributed by atoms with Crippen molar-refractivity contribution in [2.24, 2.45) is 10.9 Å². The highest BCUT2D eigenvalue weighted by atomic mass is 16.1. The largest absolute Gasteiger partial charge is 0.355 e. The predicted octanol–water partition coefficient (Wildman–Crippen LogP) is 8.12. The van der Waals surface area contributed by atoms with Crippen molar-refractivity contribution in [3.05, 3.63) is 83.2 Å². The average molecular weight is 466 g/mol. The molecule has 0 amide bonds. The van der Waals surface area contributed by atoms with Crippen molar-refractivity contribution in [3.63, 3.8) is 0 Å². The van der Waals surface area contributed by atoms with Gasteiger partial charge in [-0.2, -0.15) is 0 Å². The van der Waals surface area contributed by atoms with Crippen molar-refractivity contribution in [2.75, 3.05) is 12.4 Å². The second kappa shape index (κ2) is 10.3. The first-order valence-corrected chi connectivity index (χ1v) is 12.3. The van der Waals surface area contributed by atoms with Crippen LogP contribution in [0, 0.1) is 12.8 Å². The van der Waals surface area contributed by atoms with Crippen LogP contribution in [-0.2, 0) is 0 Å². The summed E-state index contributed by atoms with van der Waals surface area (Å²) in [6.07, 6.45) is 9.51. The molecule has 1 aromatic heterocycles. The second-order valence-corrected chi connectivity index (χ2v) is 9.51. The smallest absolute Gasteiger partial charge is 0.161 e. The summed E-state index contributed by atoms with van der Waals surface area (Å²) in [6, 6.07) is 12.5. The third-order valence-corrected chi connectivity index (χ3v) is 7.03. The number of allylic oxidation sites excluding steroid dienone is 4. The standard InChI is InChI=1S/C31H35N3O/c1-7-23(18-32-6)21(4)33-29-10-8-9-25(20(29)3)27-16-15-26(22(5)35)31-28(27)17-30(34-31)24-13-11-19(2)12-14-24/h7-10,13,15-19,33-34H,4,11-12,14H2,1-3,5-6H3/b23-7+,32-18?. The molecule has 0 saturated carbocycles. The number of fused-ring (bicyclic) bond motifs is 1. The molecule has 2 aromatic carbocycles. The summed E-state index contributed by atoms with van der Waals surface area (Å²) in [4.78, 5) is 20.2. The highest BCUT2D eigenvalue weighted by molar-refractivity contribution is 6.11. The Bertz CT molecular complexity index is 1380. The number of aromatic amines is 1. The fourth-order valence-electron chi connectivity index (χ4n) is 4.89. The minimum absolute atomic E-state index is 0.0705. The fraction of sp³-hybridized carbons (Fsp3) is 0.290. The Morgan fingerprint density at radius 3 is 2.69 bits per heavy atom. The van der Waals surface area contributed by atoms with E-state index in [1.807, 2.05) is 19.1 Å². The number of aliphatic imine (C=N–C) groups is 1. The number of benzene rings is 2. The second-order valence-electron chi connectivity index (χ2n) is 9.51. The molecule has 0 fully saturated rings. The van der Waals surface area contributed by atoms with Gasteiger partial charge in [-0.3, -0.25) is 9.79 Å². The lowest BCUT2D eigenvalue weighted by Gasteiger charge is -2.17. The van der Waals surface area contributed by atoms with Gasteiger partial charge in [0.2, 0.25) is 0 Å². The molecule has 1 heterocycles. The molecule has 0 saturated heterocycles. The van der Waals surface area contributed by atoms with E-state index in [0.29, 0.717) is 0 Å². The summed E-state index contributed by atoms with van der Waals surface area (Å²) in [5, 5.41) is 4.55. The predicted molar refractivity (Wildman–Crippen MR) is 150 cm³/mol. The van der Waals surface area contributed by atoms with Crippen LogP contribution in [0.5, 0.6) is 0 Å². The molecule has 1 unspecified atom stereocenters. The first-order chi connectivity index (χ1) is 16.8. The number of carbonyl (C=O) groups excluding carboxylic acids is 1. The zero-order valence-electron chi connectivity index (χ0n) is 21.5. The van der Waals surface area contributed by atoms with E-state index >= 15 is 0 Å². The Labute approximate surface area is 208 Å². The van der Waals surface area contributed by atoms with Crippen LogP contribution < -0.4 is 5.32 Å². The van der Waals surface area contributed by atoms with Crippen LogP contribution in [0.3, 0.4) is 0 Å². The van der Waals surface area contributed by atoms with Crippen molar-refractivity contribution >= 4 is 34.2 Å². The van der Waals surface area contributed by atoms with Gasteiger partial charge in [0.05, 0.1) is 5.52 Å². The van der Waals surface area contributed by atoms with E-state index in [4.69, 9.17) is 0 Å². The van der Waals surface area contributed by atoms with Crippen LogP contribution in [0.4, 0.5) is 5.69 Å². The molecule has 35 heavy (non-hydrogen) atoms. The molecule has 2 N–H and O–H groups in total. The lowest BCUT2D eigenvalue weighted by atomic mass is 9.89. The van der Waals surface area contributed by atoms with E-state index < -0.39 is 0 Å². The maximum absolute atomic E-state index is 12.5. The molecule has 3 aromatic rings. The average Bonchev–Trinajstić information content (AvgIpc) is 3.29. The van der Waals surface area contributed by atoms with E-state index in [0.717, 1.165) is 74.6 Å². The van der Waals surface area contributed by atoms with Gasteiger partial charge in [-0.25, -0.2) is 0 Å². The summed E-state index contributed by atoms with van der Waals surface area (Å²) in [7, 11) is 1.76. The number of nitrogens with one attached hydrogen (secondary N) is 2. The Balaban J connectivity index is 1.81. The number of H-pyrrole nitrogens is 1. The van der Waals surface area contributed by atoms with Crippen LogP contribution in [0.2, 0.25) is 0 Å². The monoisotopic (exact) mass is 465 g/mol. The SMILES string of the molecule is C=C(Nc1cccc(-c2ccc(C(C)=O)c3[nH]c(C4=CCC(C)CC4)cc23)c1C)/C(C=NC)=C/C. The lowest BCUT2D eigenvalue weighted by Crippen LogP contribution is -2.04. The van der Waals surface area contributed by atoms with Crippen LogP contribution in [0.25, 0.3) is 27.6 Å². The molecule has 1 atom stereocenters. The van der Waals surface area contributed by atoms with Gasteiger partial charge in [-0.05, 0) is 86.4 Å². The first kappa shape index (κ1) is 24.5. The molecule has 0 bridgehead atoms. The Kier molecular flexibility index (Phi) is 7.20. The van der Waals surface area contributed by atoms with Crippen molar-refractivity contribution in [3.8, 4) is 11.1 Å². The number of anilines is 1. The number of hydrogen-bond donors (Lipinski definition) is 2. The van der Waals surface area contributed by atoms with E-state index in [-0.39, 0.29) is 5.78 Å². The quantitative estimate of drug-likeness (QED) is 0.210. The van der Waals surface area contributed by atoms with Gasteiger partial charge in [0.25, 0.3) is 0 Å². The minimum Gasteiger partial charge on any atom is -0.355 e. The molecule has 1 aliphatic rings. The molecule has 0 radical (unpaired) electrons. The highest BCUT2D eigenvalue weighted by Gasteiger charge is 2.19. The zero-order valence-corrected chi connectivity index (χ0v) is 21.5. The van der Waals surface area contributed by atoms with E-state index in [2.05, 4.69) is 72.1 Å². The minimum atomic E-state index is 0.0705. The number of ketones is 1. The number of rotatable bonds is 7. The fourth-order valence-corrected chi connectivity index (χ4v) is 4.89. The molecule has 0 spiro atoms. The van der Waals surface area contributed by atoms with Crippen LogP contribution in [-0.4, -0.2) is 24.0 Å². The van der Waals surface area contributed by atoms with Crippen LogP contribution >= 0.6 is 0 Å². The third kappa shape index (κ3) is 4.93. The molecular formula is C31H35N3O. The summed E-state index contributed by atoms with van der Waals surface area (Å²) in [6.45, 7) is 12.2. The number of aromatic nitrogens is 1. The Morgan fingerprint density at radius 1 is 1.23 bits per heavy atom. The number of nitrogens with zero attached hydrogens (tertiary/aromatic N) is 1. The van der Waals surface area contributed by atoms with Gasteiger partial charge in [0.1, 0.15) is 0 Å². The van der Waals surface area contributed by atoms with Crippen molar-refractivity contribution in [1.29, 1.82) is 0 Å². The number of Topliss-reactive ketones (excluding diaryl/α,β-unsaturated/α-hetero) is 1. The van der Waals surface area contributed by atoms with Crippen molar-refractivity contribution in [2.45, 2.75) is 47.0 Å². The van der Waals surface area contributed by atoms with Gasteiger partial charge in [0.15, 0.2) is 5.78 Å². The van der Waals surface area contributed by atoms with Gasteiger partial charge < -0.3 is 10.3 Å². The topological polar surface area (TPSA) is 57.2 Å². The van der Waals surface area contributed by atoms with Crippen molar-refractivity contribution < 1.29 is 4.79 Å². The molecule has 4 nitrogen and oxygen atoms in total. The number of hydrogen-bond acceptors (Lipinski definition) is 3. The van der Waals surface area contributed by atoms with E-state index in [9.17, 15) is 4.79 Å². The molecule has 0 aliphatic heterocycles. The van der Waals surface area contributed by atoms with E-state index in [1.54, 1.807) is 20.2 Å². The molecular weight excluding hydrogens is 430 g/mol.